The van der Waals surface area contributed by atoms with E-state index in [1.807, 2.05) is 54.6 Å². The zero-order chi connectivity index (χ0) is 40.0. The van der Waals surface area contributed by atoms with E-state index >= 15 is 0 Å². The average molecular weight is 819 g/mol. The van der Waals surface area contributed by atoms with Crippen molar-refractivity contribution in [3.8, 4) is 0 Å². The fourth-order valence-electron chi connectivity index (χ4n) is 5.76. The maximum atomic E-state index is 6.73. The Bertz CT molecular complexity index is 1180. The molecule has 12 heteroatoms. The molecule has 0 atom stereocenters. The van der Waals surface area contributed by atoms with Gasteiger partial charge in [0.15, 0.2) is 0 Å². The van der Waals surface area contributed by atoms with Crippen LogP contribution in [0.1, 0.15) is 42.4 Å². The zero-order valence-electron chi connectivity index (χ0n) is 33.9. The minimum Gasteiger partial charge on any atom is -0.379 e. The first-order valence-corrected chi connectivity index (χ1v) is 21.1. The third-order valence-electron chi connectivity index (χ3n) is 8.61. The fraction of sp³-hybridized carbons (Fsp3) is 0.600. The quantitative estimate of drug-likeness (QED) is 0.0338. The van der Waals surface area contributed by atoms with Crippen LogP contribution in [0, 0.1) is 0 Å². The first-order chi connectivity index (χ1) is 28.4. The van der Waals surface area contributed by atoms with Crippen LogP contribution in [-0.2, 0) is 57.7 Å². The van der Waals surface area contributed by atoms with E-state index in [1.165, 1.54) is 12.8 Å². The van der Waals surface area contributed by atoms with Crippen LogP contribution in [0.2, 0.25) is 0 Å². The van der Waals surface area contributed by atoms with E-state index < -0.39 is 5.60 Å². The van der Waals surface area contributed by atoms with Crippen molar-refractivity contribution in [1.29, 1.82) is 0 Å². The van der Waals surface area contributed by atoms with Crippen molar-refractivity contribution in [2.75, 3.05) is 145 Å². The lowest BCUT2D eigenvalue weighted by Crippen LogP contribution is -2.34. The molecule has 0 unspecified atom stereocenters. The molecule has 0 bridgehead atoms. The van der Waals surface area contributed by atoms with E-state index in [2.05, 4.69) is 36.4 Å². The fourth-order valence-corrected chi connectivity index (χ4v) is 5.94. The number of hydrogen-bond donors (Lipinski definition) is 0. The second-order valence-corrected chi connectivity index (χ2v) is 13.2. The normalized spacial score (nSPS) is 11.7. The van der Waals surface area contributed by atoms with Crippen molar-refractivity contribution in [3.05, 3.63) is 108 Å². The monoisotopic (exact) mass is 818 g/mol. The lowest BCUT2D eigenvalue weighted by Gasteiger charge is -2.36. The Morgan fingerprint density at radius 3 is 0.807 bits per heavy atom. The largest absolute Gasteiger partial charge is 0.379 e. The third kappa shape index (κ3) is 23.0. The molecule has 3 rings (SSSR count). The van der Waals surface area contributed by atoms with Gasteiger partial charge in [0.1, 0.15) is 5.60 Å². The Balaban J connectivity index is 1.03. The van der Waals surface area contributed by atoms with Gasteiger partial charge in [0.25, 0.3) is 0 Å². The van der Waals surface area contributed by atoms with Gasteiger partial charge in [0.2, 0.25) is 0 Å². The number of rotatable bonds is 40. The average Bonchev–Trinajstić information content (AvgIpc) is 3.26. The lowest BCUT2D eigenvalue weighted by atomic mass is 9.80. The molecule has 0 aromatic heterocycles. The van der Waals surface area contributed by atoms with Crippen LogP contribution in [0.4, 0.5) is 0 Å². The van der Waals surface area contributed by atoms with Gasteiger partial charge in [-0.05, 0) is 29.5 Å². The summed E-state index contributed by atoms with van der Waals surface area (Å²) in [6.45, 7) is 11.0. The molecule has 3 aromatic carbocycles. The molecule has 0 aliphatic rings. The molecule has 0 N–H and O–H groups in total. The molecule has 3 aromatic rings. The third-order valence-corrected chi connectivity index (χ3v) is 8.87. The summed E-state index contributed by atoms with van der Waals surface area (Å²) in [5.74, 6) is 0.741. The summed E-state index contributed by atoms with van der Waals surface area (Å²) in [6, 6.07) is 31.0. The minimum absolute atomic E-state index is 0.416. The van der Waals surface area contributed by atoms with Crippen LogP contribution in [0.3, 0.4) is 0 Å². The summed E-state index contributed by atoms with van der Waals surface area (Å²) in [7, 11) is 0. The van der Waals surface area contributed by atoms with Gasteiger partial charge >= 0.3 is 0 Å². The molecule has 0 saturated heterocycles. The highest BCUT2D eigenvalue weighted by Crippen LogP contribution is 2.40. The van der Waals surface area contributed by atoms with E-state index in [1.54, 1.807) is 0 Å². The van der Waals surface area contributed by atoms with Crippen molar-refractivity contribution in [3.63, 3.8) is 0 Å². The summed E-state index contributed by atoms with van der Waals surface area (Å²) in [5, 5.41) is 0. The molecule has 0 spiro atoms. The first-order valence-electron chi connectivity index (χ1n) is 20.5. The number of unbranched alkanes of at least 4 members (excludes halogenated alkanes) is 3. The Hall–Kier alpha value is -2.49. The van der Waals surface area contributed by atoms with Gasteiger partial charge in [-0.15, -0.1) is 11.6 Å². The van der Waals surface area contributed by atoms with Crippen LogP contribution < -0.4 is 0 Å². The number of alkyl halides is 1. The Morgan fingerprint density at radius 1 is 0.281 bits per heavy atom. The predicted molar refractivity (Wildman–Crippen MR) is 223 cm³/mol. The molecular weight excluding hydrogens is 752 g/mol. The van der Waals surface area contributed by atoms with E-state index in [9.17, 15) is 0 Å². The summed E-state index contributed by atoms with van der Waals surface area (Å²) in [5.41, 5.74) is 2.45. The Labute approximate surface area is 346 Å². The molecule has 0 amide bonds. The summed E-state index contributed by atoms with van der Waals surface area (Å²) in [4.78, 5) is 0. The number of halogens is 1. The van der Waals surface area contributed by atoms with Crippen LogP contribution in [0.15, 0.2) is 91.0 Å². The van der Waals surface area contributed by atoms with Crippen molar-refractivity contribution in [2.45, 2.75) is 31.3 Å². The smallest absolute Gasteiger partial charge is 0.143 e. The standard InChI is InChI=1S/C45H67ClO11/c46-20-12-1-2-13-21-47-22-23-48-24-25-49-26-27-50-28-29-51-30-31-52-32-33-53-34-35-54-36-37-55-38-39-56-40-41-57-45(42-14-6-3-7-15-42,43-16-8-4-9-17-43)44-18-10-5-11-19-44/h3-11,14-19H,1-2,12-13,20-41H2. The molecule has 0 saturated carbocycles. The topological polar surface area (TPSA) is 102 Å². The van der Waals surface area contributed by atoms with Crippen molar-refractivity contribution in [1.82, 2.24) is 0 Å². The van der Waals surface area contributed by atoms with E-state index in [0.717, 1.165) is 42.0 Å². The van der Waals surface area contributed by atoms with E-state index in [0.29, 0.717) is 132 Å². The molecule has 11 nitrogen and oxygen atoms in total. The summed E-state index contributed by atoms with van der Waals surface area (Å²) >= 11 is 5.67. The Morgan fingerprint density at radius 2 is 0.526 bits per heavy atom. The van der Waals surface area contributed by atoms with Gasteiger partial charge in [-0.1, -0.05) is 104 Å². The van der Waals surface area contributed by atoms with Crippen molar-refractivity contribution >= 4 is 11.6 Å². The van der Waals surface area contributed by atoms with Gasteiger partial charge < -0.3 is 52.1 Å². The maximum absolute atomic E-state index is 6.73. The Kier molecular flexibility index (Phi) is 30.4. The number of hydrogen-bond acceptors (Lipinski definition) is 11. The van der Waals surface area contributed by atoms with Gasteiger partial charge in [-0.3, -0.25) is 0 Å². The molecule has 0 radical (unpaired) electrons. The van der Waals surface area contributed by atoms with E-state index in [-0.39, 0.29) is 0 Å². The molecule has 0 aliphatic heterocycles. The molecular formula is C45H67ClO11. The van der Waals surface area contributed by atoms with Crippen molar-refractivity contribution in [2.24, 2.45) is 0 Å². The van der Waals surface area contributed by atoms with Gasteiger partial charge in [0.05, 0.1) is 132 Å². The van der Waals surface area contributed by atoms with Crippen LogP contribution in [-0.4, -0.2) is 145 Å². The highest BCUT2D eigenvalue weighted by atomic mass is 35.5. The summed E-state index contributed by atoms with van der Waals surface area (Å²) < 4.78 is 62.5. The van der Waals surface area contributed by atoms with Gasteiger partial charge in [0, 0.05) is 12.5 Å². The highest BCUT2D eigenvalue weighted by Gasteiger charge is 2.37. The van der Waals surface area contributed by atoms with Gasteiger partial charge in [-0.2, -0.15) is 0 Å². The predicted octanol–water partition coefficient (Wildman–Crippen LogP) is 6.96. The second kappa shape index (κ2) is 35.5. The number of ether oxygens (including phenoxy) is 11. The van der Waals surface area contributed by atoms with Crippen LogP contribution in [0.25, 0.3) is 0 Å². The summed E-state index contributed by atoms with van der Waals surface area (Å²) in [6.07, 6.45) is 4.49. The molecule has 0 fully saturated rings. The van der Waals surface area contributed by atoms with Gasteiger partial charge in [-0.25, -0.2) is 0 Å². The molecule has 0 heterocycles. The zero-order valence-corrected chi connectivity index (χ0v) is 34.7. The highest BCUT2D eigenvalue weighted by molar-refractivity contribution is 6.17. The lowest BCUT2D eigenvalue weighted by molar-refractivity contribution is -0.0399. The van der Waals surface area contributed by atoms with Crippen molar-refractivity contribution < 1.29 is 52.1 Å². The molecule has 320 valence electrons. The molecule has 57 heavy (non-hydrogen) atoms. The van der Waals surface area contributed by atoms with E-state index in [4.69, 9.17) is 63.7 Å². The molecule has 0 aliphatic carbocycles. The first kappa shape index (κ1) is 48.9. The van der Waals surface area contributed by atoms with Crippen LogP contribution in [0.5, 0.6) is 0 Å². The number of benzene rings is 3. The SMILES string of the molecule is ClCCCCCCOCCOCCOCCOCCOCCOCCOCCOCCOCCOCCOC(c1ccccc1)(c1ccccc1)c1ccccc1. The second-order valence-electron chi connectivity index (χ2n) is 12.9. The maximum Gasteiger partial charge on any atom is 0.143 e. The minimum atomic E-state index is -0.751. The van der Waals surface area contributed by atoms with Crippen LogP contribution >= 0.6 is 11.6 Å².